The Bertz CT molecular complexity index is 249. The summed E-state index contributed by atoms with van der Waals surface area (Å²) in [6.07, 6.45) is 3.89. The summed E-state index contributed by atoms with van der Waals surface area (Å²) in [4.78, 5) is 11.3. The molecule has 1 aliphatic rings. The molecular weight excluding hydrogens is 218 g/mol. The molecule has 0 radical (unpaired) electrons. The zero-order chi connectivity index (χ0) is 12.9. The standard InChI is InChI=1S/C13H25NO3/c1-10(2)6-7-13(3,12(15)16)14-9-11-5-4-8-17-11/h10-11,14H,4-9H2,1-3H3,(H,15,16). The van der Waals surface area contributed by atoms with Gasteiger partial charge in [0.05, 0.1) is 6.10 Å². The summed E-state index contributed by atoms with van der Waals surface area (Å²) in [5.41, 5.74) is -0.823. The molecular formula is C13H25NO3. The van der Waals surface area contributed by atoms with Crippen LogP contribution in [-0.2, 0) is 9.53 Å². The van der Waals surface area contributed by atoms with Crippen LogP contribution in [0.15, 0.2) is 0 Å². The predicted molar refractivity (Wildman–Crippen MR) is 67.1 cm³/mol. The second kappa shape index (κ2) is 6.36. The Morgan fingerprint density at radius 2 is 2.29 bits per heavy atom. The average Bonchev–Trinajstić information content (AvgIpc) is 2.76. The van der Waals surface area contributed by atoms with E-state index in [2.05, 4.69) is 19.2 Å². The maximum absolute atomic E-state index is 11.3. The van der Waals surface area contributed by atoms with Crippen molar-refractivity contribution in [3.8, 4) is 0 Å². The molecule has 2 atom stereocenters. The van der Waals surface area contributed by atoms with Gasteiger partial charge in [-0.3, -0.25) is 10.1 Å². The topological polar surface area (TPSA) is 58.6 Å². The van der Waals surface area contributed by atoms with Crippen molar-refractivity contribution in [1.29, 1.82) is 0 Å². The molecule has 1 saturated heterocycles. The third kappa shape index (κ3) is 4.64. The highest BCUT2D eigenvalue weighted by Gasteiger charge is 2.33. The van der Waals surface area contributed by atoms with Crippen LogP contribution in [0.2, 0.25) is 0 Å². The Hall–Kier alpha value is -0.610. The molecule has 2 unspecified atom stereocenters. The first-order valence-electron chi connectivity index (χ1n) is 6.54. The van der Waals surface area contributed by atoms with Crippen LogP contribution in [0.5, 0.6) is 0 Å². The molecule has 1 aliphatic heterocycles. The van der Waals surface area contributed by atoms with Gasteiger partial charge in [0.15, 0.2) is 0 Å². The number of carbonyl (C=O) groups is 1. The molecule has 1 heterocycles. The molecule has 0 aliphatic carbocycles. The quantitative estimate of drug-likeness (QED) is 0.718. The second-order valence-electron chi connectivity index (χ2n) is 5.59. The van der Waals surface area contributed by atoms with E-state index in [0.717, 1.165) is 25.9 Å². The third-order valence-corrected chi connectivity index (χ3v) is 3.44. The predicted octanol–water partition coefficient (Wildman–Crippen LogP) is 2.03. The fourth-order valence-electron chi connectivity index (χ4n) is 1.99. The number of hydrogen-bond donors (Lipinski definition) is 2. The van der Waals surface area contributed by atoms with Crippen molar-refractivity contribution in [2.75, 3.05) is 13.2 Å². The van der Waals surface area contributed by atoms with Crippen LogP contribution in [0.4, 0.5) is 0 Å². The van der Waals surface area contributed by atoms with Crippen LogP contribution in [0, 0.1) is 5.92 Å². The highest BCUT2D eigenvalue weighted by molar-refractivity contribution is 5.78. The molecule has 4 nitrogen and oxygen atoms in total. The van der Waals surface area contributed by atoms with E-state index in [1.807, 2.05) is 0 Å². The zero-order valence-electron chi connectivity index (χ0n) is 11.2. The smallest absolute Gasteiger partial charge is 0.323 e. The Balaban J connectivity index is 2.42. The lowest BCUT2D eigenvalue weighted by Gasteiger charge is -2.28. The van der Waals surface area contributed by atoms with Crippen molar-refractivity contribution in [3.05, 3.63) is 0 Å². The molecule has 1 rings (SSSR count). The lowest BCUT2D eigenvalue weighted by atomic mass is 9.91. The van der Waals surface area contributed by atoms with Gasteiger partial charge < -0.3 is 9.84 Å². The van der Waals surface area contributed by atoms with Crippen LogP contribution in [-0.4, -0.2) is 35.9 Å². The van der Waals surface area contributed by atoms with E-state index in [-0.39, 0.29) is 6.10 Å². The molecule has 100 valence electrons. The molecule has 0 amide bonds. The Labute approximate surface area is 104 Å². The number of rotatable bonds is 7. The minimum Gasteiger partial charge on any atom is -0.480 e. The van der Waals surface area contributed by atoms with Gasteiger partial charge in [0.1, 0.15) is 5.54 Å². The Kier molecular flexibility index (Phi) is 5.40. The summed E-state index contributed by atoms with van der Waals surface area (Å²) >= 11 is 0. The van der Waals surface area contributed by atoms with E-state index in [0.29, 0.717) is 18.9 Å². The number of carboxylic acid groups (broad SMARTS) is 1. The Morgan fingerprint density at radius 1 is 1.59 bits per heavy atom. The van der Waals surface area contributed by atoms with Crippen LogP contribution in [0.3, 0.4) is 0 Å². The highest BCUT2D eigenvalue weighted by atomic mass is 16.5. The van der Waals surface area contributed by atoms with Crippen molar-refractivity contribution in [2.45, 2.75) is 58.1 Å². The van der Waals surface area contributed by atoms with Crippen molar-refractivity contribution in [1.82, 2.24) is 5.32 Å². The van der Waals surface area contributed by atoms with E-state index < -0.39 is 11.5 Å². The normalized spacial score (nSPS) is 23.9. The van der Waals surface area contributed by atoms with E-state index >= 15 is 0 Å². The van der Waals surface area contributed by atoms with Crippen LogP contribution < -0.4 is 5.32 Å². The summed E-state index contributed by atoms with van der Waals surface area (Å²) in [7, 11) is 0. The van der Waals surface area contributed by atoms with Gasteiger partial charge in [-0.1, -0.05) is 13.8 Å². The molecule has 0 bridgehead atoms. The molecule has 17 heavy (non-hydrogen) atoms. The molecule has 0 aromatic heterocycles. The molecule has 4 heteroatoms. The van der Waals surface area contributed by atoms with E-state index in [1.54, 1.807) is 6.92 Å². The summed E-state index contributed by atoms with van der Waals surface area (Å²) in [5.74, 6) is -0.241. The number of aliphatic carboxylic acids is 1. The maximum Gasteiger partial charge on any atom is 0.323 e. The van der Waals surface area contributed by atoms with Gasteiger partial charge in [0.2, 0.25) is 0 Å². The van der Waals surface area contributed by atoms with Gasteiger partial charge in [-0.05, 0) is 38.5 Å². The lowest BCUT2D eigenvalue weighted by Crippen LogP contribution is -2.52. The minimum absolute atomic E-state index is 0.188. The van der Waals surface area contributed by atoms with Crippen LogP contribution >= 0.6 is 0 Å². The molecule has 2 N–H and O–H groups in total. The van der Waals surface area contributed by atoms with E-state index in [9.17, 15) is 9.90 Å². The highest BCUT2D eigenvalue weighted by Crippen LogP contribution is 2.18. The van der Waals surface area contributed by atoms with Crippen LogP contribution in [0.1, 0.15) is 46.5 Å². The van der Waals surface area contributed by atoms with Gasteiger partial charge >= 0.3 is 5.97 Å². The number of carboxylic acids is 1. The summed E-state index contributed by atoms with van der Waals surface area (Å²) in [6, 6.07) is 0. The number of hydrogen-bond acceptors (Lipinski definition) is 3. The molecule has 0 aromatic rings. The fourth-order valence-corrected chi connectivity index (χ4v) is 1.99. The summed E-state index contributed by atoms with van der Waals surface area (Å²) in [6.45, 7) is 7.44. The minimum atomic E-state index is -0.823. The maximum atomic E-state index is 11.3. The molecule has 0 aromatic carbocycles. The van der Waals surface area contributed by atoms with Crippen LogP contribution in [0.25, 0.3) is 0 Å². The van der Waals surface area contributed by atoms with Gasteiger partial charge in [0, 0.05) is 13.2 Å². The van der Waals surface area contributed by atoms with Gasteiger partial charge in [-0.25, -0.2) is 0 Å². The van der Waals surface area contributed by atoms with Crippen molar-refractivity contribution in [2.24, 2.45) is 5.92 Å². The Morgan fingerprint density at radius 3 is 2.76 bits per heavy atom. The fraction of sp³-hybridized carbons (Fsp3) is 0.923. The van der Waals surface area contributed by atoms with E-state index in [4.69, 9.17) is 4.74 Å². The molecule has 1 fully saturated rings. The first-order valence-corrected chi connectivity index (χ1v) is 6.54. The number of ether oxygens (including phenoxy) is 1. The lowest BCUT2D eigenvalue weighted by molar-refractivity contribution is -0.144. The second-order valence-corrected chi connectivity index (χ2v) is 5.59. The zero-order valence-corrected chi connectivity index (χ0v) is 11.2. The third-order valence-electron chi connectivity index (χ3n) is 3.44. The van der Waals surface area contributed by atoms with Gasteiger partial charge in [-0.2, -0.15) is 0 Å². The average molecular weight is 243 g/mol. The molecule has 0 spiro atoms. The van der Waals surface area contributed by atoms with Crippen molar-refractivity contribution >= 4 is 5.97 Å². The number of nitrogens with one attached hydrogen (secondary N) is 1. The van der Waals surface area contributed by atoms with Crippen molar-refractivity contribution in [3.63, 3.8) is 0 Å². The summed E-state index contributed by atoms with van der Waals surface area (Å²) in [5, 5.41) is 12.5. The van der Waals surface area contributed by atoms with Gasteiger partial charge in [-0.15, -0.1) is 0 Å². The molecule has 0 saturated carbocycles. The SMILES string of the molecule is CC(C)CCC(C)(NCC1CCCO1)C(=O)O. The first kappa shape index (κ1) is 14.5. The first-order chi connectivity index (χ1) is 7.94. The summed E-state index contributed by atoms with van der Waals surface area (Å²) < 4.78 is 5.50. The monoisotopic (exact) mass is 243 g/mol. The van der Waals surface area contributed by atoms with Crippen molar-refractivity contribution < 1.29 is 14.6 Å². The van der Waals surface area contributed by atoms with E-state index in [1.165, 1.54) is 0 Å². The largest absolute Gasteiger partial charge is 0.480 e. The van der Waals surface area contributed by atoms with Gasteiger partial charge in [0.25, 0.3) is 0 Å².